The Balaban J connectivity index is 1.59. The monoisotopic (exact) mass is 558 g/mol. The van der Waals surface area contributed by atoms with Gasteiger partial charge in [-0.15, -0.1) is 0 Å². The molecule has 9 aromatic rings. The minimum atomic E-state index is -0.632. The van der Waals surface area contributed by atoms with E-state index in [1.165, 1.54) is 0 Å². The molecule has 0 fully saturated rings. The molecule has 1 heteroatoms. The molecule has 43 heavy (non-hydrogen) atoms. The summed E-state index contributed by atoms with van der Waals surface area (Å²) in [7, 11) is 0. The van der Waals surface area contributed by atoms with E-state index in [0.29, 0.717) is 33.1 Å². The van der Waals surface area contributed by atoms with E-state index in [9.17, 15) is 8.22 Å². The number of hydrogen-bond acceptors (Lipinski definition) is 1. The van der Waals surface area contributed by atoms with Crippen molar-refractivity contribution in [3.8, 4) is 33.4 Å². The molecule has 9 rings (SSSR count). The predicted molar refractivity (Wildman–Crippen MR) is 183 cm³/mol. The minimum absolute atomic E-state index is 0.00879. The molecule has 8 aromatic carbocycles. The zero-order valence-electron chi connectivity index (χ0n) is 34.5. The summed E-state index contributed by atoms with van der Waals surface area (Å²) < 4.78 is 116. The second-order valence-electron chi connectivity index (χ2n) is 10.3. The molecule has 0 spiro atoms. The number of hydrogen-bond donors (Lipinski definition) is 0. The molecular weight excluding hydrogens is 520 g/mol. The summed E-state index contributed by atoms with van der Waals surface area (Å²) in [4.78, 5) is 0. The van der Waals surface area contributed by atoms with Gasteiger partial charge in [0.15, 0.2) is 0 Å². The van der Waals surface area contributed by atoms with Crippen LogP contribution in [-0.4, -0.2) is 0 Å². The van der Waals surface area contributed by atoms with Crippen LogP contribution in [-0.2, 0) is 0 Å². The maximum Gasteiger partial charge on any atom is 0.136 e. The minimum Gasteiger partial charge on any atom is -0.456 e. The highest BCUT2D eigenvalue weighted by Crippen LogP contribution is 2.47. The lowest BCUT2D eigenvalue weighted by molar-refractivity contribution is 0.669. The highest BCUT2D eigenvalue weighted by Gasteiger charge is 2.20. The Morgan fingerprint density at radius 3 is 1.79 bits per heavy atom. The van der Waals surface area contributed by atoms with Crippen LogP contribution in [0.5, 0.6) is 0 Å². The molecule has 0 N–H and O–H groups in total. The Hall–Kier alpha value is -5.66. The molecule has 0 saturated carbocycles. The smallest absolute Gasteiger partial charge is 0.136 e. The van der Waals surface area contributed by atoms with Crippen molar-refractivity contribution in [3.63, 3.8) is 0 Å². The molecule has 0 saturated heterocycles. The summed E-state index contributed by atoms with van der Waals surface area (Å²) in [6, 6.07) is 18.7. The molecule has 1 nitrogen and oxygen atoms in total. The zero-order valence-corrected chi connectivity index (χ0v) is 22.5. The van der Waals surface area contributed by atoms with E-state index in [0.717, 1.165) is 10.8 Å². The van der Waals surface area contributed by atoms with E-state index in [2.05, 4.69) is 0 Å². The van der Waals surface area contributed by atoms with E-state index < -0.39 is 72.5 Å². The average molecular weight is 559 g/mol. The van der Waals surface area contributed by atoms with Crippen LogP contribution in [0.15, 0.2) is 162 Å². The second-order valence-corrected chi connectivity index (χ2v) is 10.3. The summed E-state index contributed by atoms with van der Waals surface area (Å²) in [5.74, 6) is 0. The maximum absolute atomic E-state index is 9.53. The van der Waals surface area contributed by atoms with E-state index in [-0.39, 0.29) is 43.8 Å². The Kier molecular flexibility index (Phi) is 3.29. The number of benzene rings is 8. The lowest BCUT2D eigenvalue weighted by Crippen LogP contribution is -1.91. The normalized spacial score (nSPS) is 15.6. The molecule has 0 atom stereocenters. The van der Waals surface area contributed by atoms with E-state index in [4.69, 9.17) is 12.6 Å². The van der Waals surface area contributed by atoms with Gasteiger partial charge in [-0.05, 0) is 89.9 Å². The zero-order chi connectivity index (χ0) is 38.8. The molecule has 0 unspecified atom stereocenters. The SMILES string of the molecule is [2H]c1c([2H])c(-c2ccccc2)c([2H])c(-c2c3c([2H])c([2H])c([2H])c([2H])c3c(-c3cccc4oc5cc6ccccc6cc5c34)c3c([2H])c([2H])c([2H])c([2H])c23)c1[2H]. The van der Waals surface area contributed by atoms with E-state index >= 15 is 0 Å². The van der Waals surface area contributed by atoms with Crippen LogP contribution >= 0.6 is 0 Å². The molecule has 1 aromatic heterocycles. The molecule has 1 heterocycles. The fourth-order valence-corrected chi connectivity index (χ4v) is 6.08. The Labute approximate surface area is 266 Å². The standard InChI is InChI=1S/C42H26O/c1-2-12-27(13-3-1)28-16-10-17-31(24-28)40-32-18-6-8-20-34(32)41(35-21-9-7-19-33(35)40)36-22-11-23-38-42(36)37-25-29-14-4-5-15-30(29)26-39(37)43-38/h1-26H/i6D,7D,8D,9D,10D,16D,17D,18D,19D,20D,21D,24D. The third-order valence-electron chi connectivity index (χ3n) is 7.95. The Morgan fingerprint density at radius 2 is 1.07 bits per heavy atom. The fraction of sp³-hybridized carbons (Fsp3) is 0. The van der Waals surface area contributed by atoms with Crippen molar-refractivity contribution in [2.45, 2.75) is 0 Å². The van der Waals surface area contributed by atoms with Crippen LogP contribution in [0.3, 0.4) is 0 Å². The summed E-state index contributed by atoms with van der Waals surface area (Å²) in [6.07, 6.45) is 0. The molecule has 0 aliphatic rings. The van der Waals surface area contributed by atoms with Crippen molar-refractivity contribution in [1.29, 1.82) is 0 Å². The summed E-state index contributed by atoms with van der Waals surface area (Å²) >= 11 is 0. The summed E-state index contributed by atoms with van der Waals surface area (Å²) in [6.45, 7) is 0. The second kappa shape index (κ2) is 9.44. The average Bonchev–Trinajstić information content (AvgIpc) is 3.56. The summed E-state index contributed by atoms with van der Waals surface area (Å²) in [5.41, 5.74) is 1.33. The first kappa shape index (κ1) is 15.0. The Morgan fingerprint density at radius 1 is 0.442 bits per heavy atom. The van der Waals surface area contributed by atoms with Gasteiger partial charge < -0.3 is 4.42 Å². The topological polar surface area (TPSA) is 13.1 Å². The third-order valence-corrected chi connectivity index (χ3v) is 7.95. The predicted octanol–water partition coefficient (Wildman–Crippen LogP) is 12.0. The van der Waals surface area contributed by atoms with Gasteiger partial charge in [-0.2, -0.15) is 0 Å². The first-order chi connectivity index (χ1) is 26.3. The van der Waals surface area contributed by atoms with Gasteiger partial charge in [0.2, 0.25) is 0 Å². The third kappa shape index (κ3) is 3.72. The fourth-order valence-electron chi connectivity index (χ4n) is 6.08. The van der Waals surface area contributed by atoms with Gasteiger partial charge in [0.05, 0.1) is 16.4 Å². The van der Waals surface area contributed by atoms with Crippen LogP contribution in [0.4, 0.5) is 0 Å². The number of rotatable bonds is 3. The first-order valence-electron chi connectivity index (χ1n) is 19.8. The quantitative estimate of drug-likeness (QED) is 0.197. The van der Waals surface area contributed by atoms with Crippen molar-refractivity contribution >= 4 is 54.3 Å². The van der Waals surface area contributed by atoms with Crippen LogP contribution in [0.1, 0.15) is 16.4 Å². The van der Waals surface area contributed by atoms with Gasteiger partial charge in [0, 0.05) is 10.8 Å². The molecule has 0 amide bonds. The molecule has 0 aliphatic heterocycles. The van der Waals surface area contributed by atoms with Crippen molar-refractivity contribution < 1.29 is 20.9 Å². The molecule has 0 radical (unpaired) electrons. The van der Waals surface area contributed by atoms with Gasteiger partial charge in [-0.3, -0.25) is 0 Å². The van der Waals surface area contributed by atoms with Gasteiger partial charge in [0.25, 0.3) is 0 Å². The summed E-state index contributed by atoms with van der Waals surface area (Å²) in [5, 5.41) is 2.50. The largest absolute Gasteiger partial charge is 0.456 e. The maximum atomic E-state index is 9.53. The van der Waals surface area contributed by atoms with Crippen molar-refractivity contribution in [1.82, 2.24) is 0 Å². The van der Waals surface area contributed by atoms with Crippen LogP contribution in [0, 0.1) is 0 Å². The van der Waals surface area contributed by atoms with E-state index in [1.54, 1.807) is 48.5 Å². The molecule has 200 valence electrons. The number of fused-ring (bicyclic) bond motifs is 6. The van der Waals surface area contributed by atoms with Crippen molar-refractivity contribution in [2.75, 3.05) is 0 Å². The number of furan rings is 1. The van der Waals surface area contributed by atoms with Gasteiger partial charge >= 0.3 is 0 Å². The van der Waals surface area contributed by atoms with Crippen LogP contribution in [0.2, 0.25) is 0 Å². The molecule has 0 bridgehead atoms. The molecular formula is C42H26O. The van der Waals surface area contributed by atoms with Crippen molar-refractivity contribution in [2.24, 2.45) is 0 Å². The highest BCUT2D eigenvalue weighted by atomic mass is 16.3. The van der Waals surface area contributed by atoms with Gasteiger partial charge in [-0.25, -0.2) is 0 Å². The Bertz CT molecular complexity index is 3090. The van der Waals surface area contributed by atoms with E-state index in [1.807, 2.05) is 36.4 Å². The van der Waals surface area contributed by atoms with Gasteiger partial charge in [0.1, 0.15) is 11.2 Å². The van der Waals surface area contributed by atoms with Crippen molar-refractivity contribution in [3.05, 3.63) is 157 Å². The first-order valence-corrected chi connectivity index (χ1v) is 13.8. The van der Waals surface area contributed by atoms with Crippen LogP contribution < -0.4 is 0 Å². The van der Waals surface area contributed by atoms with Gasteiger partial charge in [-0.1, -0.05) is 133 Å². The lowest BCUT2D eigenvalue weighted by Gasteiger charge is -2.18. The molecule has 0 aliphatic carbocycles. The highest BCUT2D eigenvalue weighted by molar-refractivity contribution is 6.26. The lowest BCUT2D eigenvalue weighted by atomic mass is 9.84. The van der Waals surface area contributed by atoms with Crippen LogP contribution in [0.25, 0.3) is 87.6 Å².